The van der Waals surface area contributed by atoms with Crippen molar-refractivity contribution in [2.24, 2.45) is 0 Å². The van der Waals surface area contributed by atoms with Crippen LogP contribution >= 0.6 is 0 Å². The number of rotatable bonds is 4. The third-order valence-electron chi connectivity index (χ3n) is 3.91. The van der Waals surface area contributed by atoms with Gasteiger partial charge in [-0.05, 0) is 29.8 Å². The first kappa shape index (κ1) is 16.9. The van der Waals surface area contributed by atoms with Gasteiger partial charge in [0.15, 0.2) is 0 Å². The summed E-state index contributed by atoms with van der Waals surface area (Å²) in [4.78, 5) is 31.1. The third-order valence-corrected chi connectivity index (χ3v) is 3.91. The number of carbonyl (C=O) groups is 2. The average Bonchev–Trinajstić information content (AvgIpc) is 2.69. The van der Waals surface area contributed by atoms with Gasteiger partial charge in [-0.1, -0.05) is 24.3 Å². The highest BCUT2D eigenvalue weighted by Crippen LogP contribution is 2.09. The van der Waals surface area contributed by atoms with E-state index in [-0.39, 0.29) is 17.5 Å². The van der Waals surface area contributed by atoms with Gasteiger partial charge in [-0.3, -0.25) is 14.6 Å². The summed E-state index contributed by atoms with van der Waals surface area (Å²) in [5, 5.41) is 5.98. The van der Waals surface area contributed by atoms with Crippen molar-refractivity contribution in [3.8, 4) is 0 Å². The minimum Gasteiger partial charge on any atom is -0.335 e. The van der Waals surface area contributed by atoms with Crippen LogP contribution in [0.2, 0.25) is 0 Å². The fraction of sp³-hybridized carbons (Fsp3) is 0.211. The molecule has 0 spiro atoms. The first-order valence-corrected chi connectivity index (χ1v) is 8.22. The smallest absolute Gasteiger partial charge is 0.270 e. The van der Waals surface area contributed by atoms with Gasteiger partial charge in [0.2, 0.25) is 0 Å². The summed E-state index contributed by atoms with van der Waals surface area (Å²) in [6.07, 6.45) is 4.98. The molecule has 0 unspecified atom stereocenters. The van der Waals surface area contributed by atoms with E-state index in [0.717, 1.165) is 18.7 Å². The molecule has 0 saturated carbocycles. The molecule has 2 N–H and O–H groups in total. The standard InChI is InChI=1S/C19H20N4O2/c24-18(16-6-2-1-3-7-16)22-17(13-15-5-4-8-21-14-15)19(25)23-11-9-20-10-12-23/h1-8,13-14,20H,9-12H2,(H,22,24)/b17-13+. The lowest BCUT2D eigenvalue weighted by Crippen LogP contribution is -2.48. The van der Waals surface area contributed by atoms with E-state index in [4.69, 9.17) is 0 Å². The Morgan fingerprint density at radius 3 is 2.52 bits per heavy atom. The van der Waals surface area contributed by atoms with Crippen LogP contribution in [0, 0.1) is 0 Å². The fourth-order valence-corrected chi connectivity index (χ4v) is 2.60. The van der Waals surface area contributed by atoms with Crippen LogP contribution < -0.4 is 10.6 Å². The fourth-order valence-electron chi connectivity index (χ4n) is 2.60. The lowest BCUT2D eigenvalue weighted by molar-refractivity contribution is -0.127. The minimum atomic E-state index is -0.306. The number of hydrogen-bond donors (Lipinski definition) is 2. The van der Waals surface area contributed by atoms with Gasteiger partial charge in [0.25, 0.3) is 11.8 Å². The maximum Gasteiger partial charge on any atom is 0.270 e. The second-order valence-electron chi connectivity index (χ2n) is 5.71. The SMILES string of the molecule is O=C(N/C(=C/c1cccnc1)C(=O)N1CCNCC1)c1ccccc1. The molecular formula is C19H20N4O2. The molecule has 1 aromatic carbocycles. The highest BCUT2D eigenvalue weighted by Gasteiger charge is 2.22. The lowest BCUT2D eigenvalue weighted by atomic mass is 10.1. The summed E-state index contributed by atoms with van der Waals surface area (Å²) in [6.45, 7) is 2.73. The monoisotopic (exact) mass is 336 g/mol. The topological polar surface area (TPSA) is 74.3 Å². The van der Waals surface area contributed by atoms with Crippen molar-refractivity contribution < 1.29 is 9.59 Å². The van der Waals surface area contributed by atoms with Crippen molar-refractivity contribution in [3.63, 3.8) is 0 Å². The molecule has 2 amide bonds. The normalized spacial score (nSPS) is 14.9. The zero-order chi connectivity index (χ0) is 17.5. The second-order valence-corrected chi connectivity index (χ2v) is 5.71. The van der Waals surface area contributed by atoms with Gasteiger partial charge in [-0.25, -0.2) is 0 Å². The zero-order valence-electron chi connectivity index (χ0n) is 13.8. The molecule has 6 heteroatoms. The number of amides is 2. The van der Waals surface area contributed by atoms with Crippen LogP contribution in [0.1, 0.15) is 15.9 Å². The molecule has 2 heterocycles. The molecule has 3 rings (SSSR count). The number of aromatic nitrogens is 1. The van der Waals surface area contributed by atoms with E-state index >= 15 is 0 Å². The number of hydrogen-bond acceptors (Lipinski definition) is 4. The van der Waals surface area contributed by atoms with E-state index in [0.29, 0.717) is 18.7 Å². The molecule has 0 bridgehead atoms. The summed E-state index contributed by atoms with van der Waals surface area (Å²) in [6, 6.07) is 12.5. The molecule has 6 nitrogen and oxygen atoms in total. The van der Waals surface area contributed by atoms with Crippen LogP contribution in [0.4, 0.5) is 0 Å². The molecule has 0 aliphatic carbocycles. The van der Waals surface area contributed by atoms with Gasteiger partial charge in [0.05, 0.1) is 0 Å². The Labute approximate surface area is 146 Å². The van der Waals surface area contributed by atoms with Crippen LogP contribution in [0.25, 0.3) is 6.08 Å². The number of nitrogens with one attached hydrogen (secondary N) is 2. The molecule has 0 atom stereocenters. The van der Waals surface area contributed by atoms with E-state index in [2.05, 4.69) is 15.6 Å². The summed E-state index contributed by atoms with van der Waals surface area (Å²) in [5.74, 6) is -0.492. The average molecular weight is 336 g/mol. The summed E-state index contributed by atoms with van der Waals surface area (Å²) < 4.78 is 0. The first-order valence-electron chi connectivity index (χ1n) is 8.22. The van der Waals surface area contributed by atoms with E-state index in [1.54, 1.807) is 53.7 Å². The number of carbonyl (C=O) groups excluding carboxylic acids is 2. The second kappa shape index (κ2) is 8.21. The largest absolute Gasteiger partial charge is 0.335 e. The van der Waals surface area contributed by atoms with Gasteiger partial charge >= 0.3 is 0 Å². The number of pyridine rings is 1. The summed E-state index contributed by atoms with van der Waals surface area (Å²) in [7, 11) is 0. The van der Waals surface area contributed by atoms with Crippen molar-refractivity contribution in [2.75, 3.05) is 26.2 Å². The number of benzene rings is 1. The van der Waals surface area contributed by atoms with Crippen LogP contribution in [0.15, 0.2) is 60.6 Å². The summed E-state index contributed by atoms with van der Waals surface area (Å²) >= 11 is 0. The zero-order valence-corrected chi connectivity index (χ0v) is 13.8. The van der Waals surface area contributed by atoms with Crippen LogP contribution in [0.5, 0.6) is 0 Å². The van der Waals surface area contributed by atoms with Crippen molar-refractivity contribution in [1.82, 2.24) is 20.5 Å². The molecule has 25 heavy (non-hydrogen) atoms. The molecule has 1 aromatic heterocycles. The maximum atomic E-state index is 12.9. The van der Waals surface area contributed by atoms with Gasteiger partial charge < -0.3 is 15.5 Å². The van der Waals surface area contributed by atoms with Crippen molar-refractivity contribution in [1.29, 1.82) is 0 Å². The van der Waals surface area contributed by atoms with Gasteiger partial charge in [0, 0.05) is 44.1 Å². The molecule has 1 fully saturated rings. The Bertz CT molecular complexity index is 754. The first-order chi connectivity index (χ1) is 12.2. The highest BCUT2D eigenvalue weighted by atomic mass is 16.2. The Morgan fingerprint density at radius 2 is 1.84 bits per heavy atom. The van der Waals surface area contributed by atoms with Crippen molar-refractivity contribution in [2.45, 2.75) is 0 Å². The highest BCUT2D eigenvalue weighted by molar-refractivity contribution is 6.05. The molecule has 1 aliphatic rings. The molecular weight excluding hydrogens is 316 g/mol. The van der Waals surface area contributed by atoms with Crippen molar-refractivity contribution >= 4 is 17.9 Å². The number of nitrogens with zero attached hydrogens (tertiary/aromatic N) is 2. The Morgan fingerprint density at radius 1 is 1.08 bits per heavy atom. The van der Waals surface area contributed by atoms with E-state index < -0.39 is 0 Å². The maximum absolute atomic E-state index is 12.9. The molecule has 1 aliphatic heterocycles. The van der Waals surface area contributed by atoms with Crippen LogP contribution in [0.3, 0.4) is 0 Å². The van der Waals surface area contributed by atoms with E-state index in [1.165, 1.54) is 0 Å². The lowest BCUT2D eigenvalue weighted by Gasteiger charge is -2.28. The molecule has 0 radical (unpaired) electrons. The van der Waals surface area contributed by atoms with E-state index in [1.807, 2.05) is 12.1 Å². The molecule has 2 aromatic rings. The Kier molecular flexibility index (Phi) is 5.53. The molecule has 1 saturated heterocycles. The van der Waals surface area contributed by atoms with E-state index in [9.17, 15) is 9.59 Å². The van der Waals surface area contributed by atoms with Gasteiger partial charge in [-0.2, -0.15) is 0 Å². The number of piperazine rings is 1. The minimum absolute atomic E-state index is 0.186. The quantitative estimate of drug-likeness (QED) is 0.825. The van der Waals surface area contributed by atoms with Crippen LogP contribution in [-0.4, -0.2) is 47.9 Å². The van der Waals surface area contributed by atoms with Gasteiger partial charge in [-0.15, -0.1) is 0 Å². The van der Waals surface area contributed by atoms with Gasteiger partial charge in [0.1, 0.15) is 5.70 Å². The third kappa shape index (κ3) is 4.51. The predicted molar refractivity (Wildman–Crippen MR) is 95.6 cm³/mol. The Hall–Kier alpha value is -2.99. The summed E-state index contributed by atoms with van der Waals surface area (Å²) in [5.41, 5.74) is 1.52. The molecule has 128 valence electrons. The van der Waals surface area contributed by atoms with Crippen LogP contribution in [-0.2, 0) is 4.79 Å². The predicted octanol–water partition coefficient (Wildman–Crippen LogP) is 1.28. The Balaban J connectivity index is 1.85. The van der Waals surface area contributed by atoms with Crippen molar-refractivity contribution in [3.05, 3.63) is 71.7 Å².